The number of aliphatic hydroxyl groups excluding tert-OH is 1. The molecule has 6 rings (SSSR count). The van der Waals surface area contributed by atoms with Crippen LogP contribution in [0.1, 0.15) is 47.5 Å². The maximum absolute atomic E-state index is 14.3. The van der Waals surface area contributed by atoms with Crippen LogP contribution in [0.3, 0.4) is 0 Å². The van der Waals surface area contributed by atoms with Crippen LogP contribution in [-0.2, 0) is 16.1 Å². The van der Waals surface area contributed by atoms with Gasteiger partial charge in [0, 0.05) is 66.6 Å². The Labute approximate surface area is 304 Å². The number of nitrogens with one attached hydrogen (secondary N) is 1. The lowest BCUT2D eigenvalue weighted by atomic mass is 9.69. The largest absolute Gasteiger partial charge is 0.507 e. The fourth-order valence-electron chi connectivity index (χ4n) is 6.55. The predicted molar refractivity (Wildman–Crippen MR) is 192 cm³/mol. The molecule has 1 spiro atoms. The van der Waals surface area contributed by atoms with Gasteiger partial charge in [-0.25, -0.2) is 0 Å². The summed E-state index contributed by atoms with van der Waals surface area (Å²) in [6.45, 7) is 1.58. The van der Waals surface area contributed by atoms with Crippen LogP contribution in [0.5, 0.6) is 17.2 Å². The van der Waals surface area contributed by atoms with Gasteiger partial charge in [-0.05, 0) is 48.2 Å². The molecule has 0 saturated heterocycles. The van der Waals surface area contributed by atoms with E-state index in [1.165, 1.54) is 32.0 Å². The SMILES string of the molecule is COc1cc(OC)c2c(c1Cl)O[C@]1(C2=O)C(O)=C(C(CC(=O)NCc2nc(-c3ccc(N(C)C)cc3)no2)c2ccc(SC)cc2)C(=O)C[C@H]1C. The summed E-state index contributed by atoms with van der Waals surface area (Å²) in [5.41, 5.74) is 0.297. The molecule has 0 bridgehead atoms. The molecule has 0 fully saturated rings. The number of benzene rings is 3. The number of fused-ring (bicyclic) bond motifs is 1. The Morgan fingerprint density at radius 2 is 1.80 bits per heavy atom. The van der Waals surface area contributed by atoms with Crippen LogP contribution in [0.4, 0.5) is 5.69 Å². The van der Waals surface area contributed by atoms with Crippen LogP contribution < -0.4 is 24.4 Å². The fourth-order valence-corrected chi connectivity index (χ4v) is 7.22. The van der Waals surface area contributed by atoms with Gasteiger partial charge in [-0.1, -0.05) is 35.8 Å². The minimum absolute atomic E-state index is 0.0175. The number of methoxy groups -OCH3 is 2. The van der Waals surface area contributed by atoms with Gasteiger partial charge in [0.25, 0.3) is 0 Å². The van der Waals surface area contributed by atoms with Crippen molar-refractivity contribution in [1.82, 2.24) is 15.5 Å². The highest BCUT2D eigenvalue weighted by molar-refractivity contribution is 7.98. The second kappa shape index (κ2) is 14.3. The molecule has 51 heavy (non-hydrogen) atoms. The van der Waals surface area contributed by atoms with E-state index in [1.54, 1.807) is 19.1 Å². The molecule has 2 heterocycles. The number of aliphatic hydroxyl groups is 1. The van der Waals surface area contributed by atoms with Gasteiger partial charge >= 0.3 is 0 Å². The van der Waals surface area contributed by atoms with E-state index in [1.807, 2.05) is 61.6 Å². The number of nitrogens with zero attached hydrogens (tertiary/aromatic N) is 3. The molecule has 0 radical (unpaired) electrons. The van der Waals surface area contributed by atoms with E-state index >= 15 is 0 Å². The molecule has 1 unspecified atom stereocenters. The van der Waals surface area contributed by atoms with E-state index in [9.17, 15) is 19.5 Å². The fraction of sp³-hybridized carbons (Fsp3) is 0.324. The third-order valence-corrected chi connectivity index (χ3v) is 10.4. The second-order valence-electron chi connectivity index (χ2n) is 12.5. The summed E-state index contributed by atoms with van der Waals surface area (Å²) in [5.74, 6) is -2.91. The first-order valence-corrected chi connectivity index (χ1v) is 17.7. The molecule has 1 amide bonds. The number of halogens is 1. The Kier molecular flexibility index (Phi) is 10.0. The summed E-state index contributed by atoms with van der Waals surface area (Å²) in [6, 6.07) is 16.4. The summed E-state index contributed by atoms with van der Waals surface area (Å²) in [7, 11) is 6.69. The van der Waals surface area contributed by atoms with E-state index in [2.05, 4.69) is 15.5 Å². The van der Waals surface area contributed by atoms with Crippen molar-refractivity contribution in [3.05, 3.63) is 88.0 Å². The number of amides is 1. The first-order valence-electron chi connectivity index (χ1n) is 16.1. The number of Topliss-reactive ketones (excluding diaryl/α,β-unsaturated/α-hetero) is 2. The molecule has 266 valence electrons. The quantitative estimate of drug-likeness (QED) is 0.164. The zero-order valence-corrected chi connectivity index (χ0v) is 30.5. The van der Waals surface area contributed by atoms with Crippen LogP contribution in [0.15, 0.2) is 75.3 Å². The lowest BCUT2D eigenvalue weighted by Gasteiger charge is -2.38. The average molecular weight is 733 g/mol. The molecule has 3 atom stereocenters. The Morgan fingerprint density at radius 3 is 2.43 bits per heavy atom. The highest BCUT2D eigenvalue weighted by Crippen LogP contribution is 2.55. The van der Waals surface area contributed by atoms with Gasteiger partial charge in [0.05, 0.1) is 20.8 Å². The molecule has 3 aromatic carbocycles. The molecule has 2 N–H and O–H groups in total. The van der Waals surface area contributed by atoms with Crippen molar-refractivity contribution in [2.45, 2.75) is 42.7 Å². The first kappa shape index (κ1) is 35.8. The van der Waals surface area contributed by atoms with Gasteiger partial charge in [-0.2, -0.15) is 4.98 Å². The van der Waals surface area contributed by atoms with Crippen molar-refractivity contribution in [3.63, 3.8) is 0 Å². The average Bonchev–Trinajstić information content (AvgIpc) is 3.73. The van der Waals surface area contributed by atoms with Crippen molar-refractivity contribution in [1.29, 1.82) is 0 Å². The molecular weight excluding hydrogens is 696 g/mol. The second-order valence-corrected chi connectivity index (χ2v) is 13.8. The number of hydrogen-bond acceptors (Lipinski definition) is 12. The van der Waals surface area contributed by atoms with E-state index in [-0.39, 0.29) is 58.7 Å². The molecule has 1 aliphatic carbocycles. The molecule has 1 aromatic heterocycles. The minimum Gasteiger partial charge on any atom is -0.507 e. The van der Waals surface area contributed by atoms with Gasteiger partial charge in [0.1, 0.15) is 22.1 Å². The Hall–Kier alpha value is -5.01. The number of anilines is 1. The highest BCUT2D eigenvalue weighted by atomic mass is 35.5. The van der Waals surface area contributed by atoms with Crippen molar-refractivity contribution >= 4 is 46.5 Å². The van der Waals surface area contributed by atoms with Gasteiger partial charge < -0.3 is 34.1 Å². The molecular formula is C37H37ClN4O8S. The molecule has 4 aromatic rings. The summed E-state index contributed by atoms with van der Waals surface area (Å²) in [5, 5.41) is 19.0. The number of hydrogen-bond donors (Lipinski definition) is 2. The molecule has 2 aliphatic rings. The van der Waals surface area contributed by atoms with E-state index < -0.39 is 40.7 Å². The topological polar surface area (TPSA) is 153 Å². The molecule has 1 aliphatic heterocycles. The Bertz CT molecular complexity index is 2030. The van der Waals surface area contributed by atoms with Gasteiger partial charge in [0.2, 0.25) is 29.0 Å². The van der Waals surface area contributed by atoms with Crippen molar-refractivity contribution in [2.24, 2.45) is 5.92 Å². The maximum atomic E-state index is 14.3. The molecule has 12 nitrogen and oxygen atoms in total. The van der Waals surface area contributed by atoms with Gasteiger partial charge in [0.15, 0.2) is 17.3 Å². The molecule has 14 heteroatoms. The number of ketones is 2. The van der Waals surface area contributed by atoms with Gasteiger partial charge in [-0.15, -0.1) is 11.8 Å². The van der Waals surface area contributed by atoms with Crippen LogP contribution >= 0.6 is 23.4 Å². The Balaban J connectivity index is 1.32. The zero-order chi connectivity index (χ0) is 36.6. The number of thioether (sulfide) groups is 1. The number of ether oxygens (including phenoxy) is 3. The first-order chi connectivity index (χ1) is 24.4. The van der Waals surface area contributed by atoms with Gasteiger partial charge in [-0.3, -0.25) is 14.4 Å². The number of rotatable bonds is 11. The normalized spacial score (nSPS) is 18.8. The van der Waals surface area contributed by atoms with Crippen molar-refractivity contribution in [3.8, 4) is 28.6 Å². The monoisotopic (exact) mass is 732 g/mol. The number of allylic oxidation sites excluding steroid dienone is 1. The lowest BCUT2D eigenvalue weighted by molar-refractivity contribution is -0.122. The van der Waals surface area contributed by atoms with E-state index in [4.69, 9.17) is 30.3 Å². The van der Waals surface area contributed by atoms with Crippen LogP contribution in [0.2, 0.25) is 5.02 Å². The molecule has 0 saturated carbocycles. The Morgan fingerprint density at radius 1 is 1.12 bits per heavy atom. The summed E-state index contributed by atoms with van der Waals surface area (Å²) < 4.78 is 22.6. The summed E-state index contributed by atoms with van der Waals surface area (Å²) in [4.78, 5) is 49.2. The number of aromatic nitrogens is 2. The van der Waals surface area contributed by atoms with Crippen LogP contribution in [-0.4, -0.2) is 72.9 Å². The summed E-state index contributed by atoms with van der Waals surface area (Å²) in [6.07, 6.45) is 1.54. The third kappa shape index (κ3) is 6.40. The smallest absolute Gasteiger partial charge is 0.246 e. The van der Waals surface area contributed by atoms with Crippen molar-refractivity contribution < 1.29 is 38.2 Å². The van der Waals surface area contributed by atoms with Crippen molar-refractivity contribution in [2.75, 3.05) is 39.5 Å². The van der Waals surface area contributed by atoms with E-state index in [0.29, 0.717) is 11.4 Å². The van der Waals surface area contributed by atoms with E-state index in [0.717, 1.165) is 16.1 Å². The predicted octanol–water partition coefficient (Wildman–Crippen LogP) is 6.42. The van der Waals surface area contributed by atoms with Crippen LogP contribution in [0.25, 0.3) is 11.4 Å². The van der Waals surface area contributed by atoms with Crippen LogP contribution in [0, 0.1) is 5.92 Å². The standard InChI is InChI=1S/C37H37ClN4O8S/c1-19-15-25(43)30(34(45)37(19)35(46)31-26(47-4)17-27(48-5)32(38)33(31)49-37)24(20-9-13-23(51-6)14-10-20)16-28(44)39-18-29-40-36(41-50-29)21-7-11-22(12-8-21)42(2)3/h7-14,17,19,24,45H,15-16,18H2,1-6H3,(H,39,44)/t19-,24?,37+/m1/s1. The number of carbonyl (C=O) groups excluding carboxylic acids is 3. The highest BCUT2D eigenvalue weighted by Gasteiger charge is 2.61. The third-order valence-electron chi connectivity index (χ3n) is 9.31. The maximum Gasteiger partial charge on any atom is 0.246 e. The number of carbonyl (C=O) groups is 3. The lowest BCUT2D eigenvalue weighted by Crippen LogP contribution is -2.53. The zero-order valence-electron chi connectivity index (χ0n) is 28.9. The minimum atomic E-state index is -1.99. The summed E-state index contributed by atoms with van der Waals surface area (Å²) >= 11 is 8.14.